The van der Waals surface area contributed by atoms with Crippen LogP contribution < -0.4 is 0 Å². The van der Waals surface area contributed by atoms with Gasteiger partial charge in [-0.1, -0.05) is 13.3 Å². The van der Waals surface area contributed by atoms with Gasteiger partial charge in [0.1, 0.15) is 0 Å². The largest absolute Gasteiger partial charge is 0.342 e. The van der Waals surface area contributed by atoms with Gasteiger partial charge in [-0.15, -0.1) is 0 Å². The third kappa shape index (κ3) is 3.47. The van der Waals surface area contributed by atoms with E-state index >= 15 is 0 Å². The molecule has 2 saturated heterocycles. The number of likely N-dealkylation sites (tertiary alicyclic amines) is 1. The van der Waals surface area contributed by atoms with E-state index in [-0.39, 0.29) is 17.7 Å². The second-order valence-electron chi connectivity index (χ2n) is 5.72. The van der Waals surface area contributed by atoms with Crippen molar-refractivity contribution >= 4 is 11.8 Å². The summed E-state index contributed by atoms with van der Waals surface area (Å²) in [6.07, 6.45) is 2.52. The van der Waals surface area contributed by atoms with Gasteiger partial charge in [-0.25, -0.2) is 0 Å². The van der Waals surface area contributed by atoms with Gasteiger partial charge in [-0.2, -0.15) is 0 Å². The number of hydrogen-bond acceptors (Lipinski definition) is 3. The van der Waals surface area contributed by atoms with Gasteiger partial charge in [-0.05, 0) is 13.5 Å². The Labute approximate surface area is 115 Å². The van der Waals surface area contributed by atoms with Crippen molar-refractivity contribution < 1.29 is 9.59 Å². The van der Waals surface area contributed by atoms with Crippen LogP contribution in [0.3, 0.4) is 0 Å². The fraction of sp³-hybridized carbons (Fsp3) is 0.857. The average Bonchev–Trinajstić information content (AvgIpc) is 2.78. The zero-order valence-electron chi connectivity index (χ0n) is 12.1. The van der Waals surface area contributed by atoms with E-state index in [1.807, 2.05) is 9.80 Å². The number of carbonyl (C=O) groups is 2. The maximum atomic E-state index is 12.4. The van der Waals surface area contributed by atoms with Crippen LogP contribution in [-0.2, 0) is 9.59 Å². The lowest BCUT2D eigenvalue weighted by Crippen LogP contribution is -2.49. The molecule has 2 amide bonds. The molecule has 0 aromatic heterocycles. The minimum absolute atomic E-state index is 0.104. The third-order valence-corrected chi connectivity index (χ3v) is 4.16. The minimum Gasteiger partial charge on any atom is -0.342 e. The molecular formula is C14H25N3O2. The molecule has 2 aliphatic rings. The number of likely N-dealkylation sites (N-methyl/N-ethyl adjacent to an activating group) is 1. The van der Waals surface area contributed by atoms with E-state index in [9.17, 15) is 9.59 Å². The molecule has 0 aliphatic carbocycles. The molecule has 2 rings (SSSR count). The van der Waals surface area contributed by atoms with Crippen LogP contribution in [-0.4, -0.2) is 72.8 Å². The van der Waals surface area contributed by atoms with Crippen molar-refractivity contribution in [3.8, 4) is 0 Å². The summed E-state index contributed by atoms with van der Waals surface area (Å²) in [6.45, 7) is 7.03. The van der Waals surface area contributed by atoms with Crippen LogP contribution in [0.2, 0.25) is 0 Å². The smallest absolute Gasteiger partial charge is 0.228 e. The van der Waals surface area contributed by atoms with Crippen molar-refractivity contribution in [2.75, 3.05) is 46.3 Å². The van der Waals surface area contributed by atoms with E-state index in [1.54, 1.807) is 0 Å². The Hall–Kier alpha value is -1.10. The Kier molecular flexibility index (Phi) is 4.80. The Morgan fingerprint density at radius 3 is 2.58 bits per heavy atom. The van der Waals surface area contributed by atoms with Gasteiger partial charge in [0.25, 0.3) is 0 Å². The Morgan fingerprint density at radius 1 is 1.26 bits per heavy atom. The lowest BCUT2D eigenvalue weighted by atomic mass is 10.1. The summed E-state index contributed by atoms with van der Waals surface area (Å²) in [7, 11) is 2.08. The Bertz CT molecular complexity index is 338. The molecule has 108 valence electrons. The van der Waals surface area contributed by atoms with Crippen molar-refractivity contribution in [3.05, 3.63) is 0 Å². The highest BCUT2D eigenvalue weighted by molar-refractivity contribution is 5.89. The fourth-order valence-electron chi connectivity index (χ4n) is 2.79. The third-order valence-electron chi connectivity index (χ3n) is 4.16. The van der Waals surface area contributed by atoms with E-state index in [2.05, 4.69) is 18.9 Å². The number of unbranched alkanes of at least 4 members (excludes halogenated alkanes) is 1. The Morgan fingerprint density at radius 2 is 1.95 bits per heavy atom. The van der Waals surface area contributed by atoms with Crippen LogP contribution in [0, 0.1) is 5.92 Å². The summed E-state index contributed by atoms with van der Waals surface area (Å²) in [5.74, 6) is 0.231. The standard InChI is InChI=1S/C14H25N3O2/c1-3-4-5-17-11-12(10-13(17)18)14(19)16-8-6-15(2)7-9-16/h12H,3-11H2,1-2H3/t12-/m1/s1. The van der Waals surface area contributed by atoms with E-state index in [0.717, 1.165) is 45.6 Å². The van der Waals surface area contributed by atoms with E-state index < -0.39 is 0 Å². The zero-order valence-corrected chi connectivity index (χ0v) is 12.1. The number of carbonyl (C=O) groups excluding carboxylic acids is 2. The maximum Gasteiger partial charge on any atom is 0.228 e. The molecule has 0 radical (unpaired) electrons. The van der Waals surface area contributed by atoms with Crippen LogP contribution in [0.1, 0.15) is 26.2 Å². The lowest BCUT2D eigenvalue weighted by molar-refractivity contribution is -0.137. The molecule has 0 aromatic carbocycles. The second kappa shape index (κ2) is 6.37. The predicted octanol–water partition coefficient (Wildman–Crippen LogP) is 0.409. The van der Waals surface area contributed by atoms with Crippen LogP contribution in [0.4, 0.5) is 0 Å². The summed E-state index contributed by atoms with van der Waals surface area (Å²) < 4.78 is 0. The summed E-state index contributed by atoms with van der Waals surface area (Å²) in [4.78, 5) is 30.3. The summed E-state index contributed by atoms with van der Waals surface area (Å²) in [5.41, 5.74) is 0. The average molecular weight is 267 g/mol. The van der Waals surface area contributed by atoms with Gasteiger partial charge in [0.2, 0.25) is 11.8 Å². The molecule has 1 atom stereocenters. The Balaban J connectivity index is 1.85. The highest BCUT2D eigenvalue weighted by Crippen LogP contribution is 2.21. The first-order valence-corrected chi connectivity index (χ1v) is 7.37. The molecule has 0 aromatic rings. The zero-order chi connectivity index (χ0) is 13.8. The minimum atomic E-state index is -0.104. The molecule has 0 unspecified atom stereocenters. The van der Waals surface area contributed by atoms with Gasteiger partial charge >= 0.3 is 0 Å². The highest BCUT2D eigenvalue weighted by atomic mass is 16.2. The summed E-state index contributed by atoms with van der Waals surface area (Å²) >= 11 is 0. The summed E-state index contributed by atoms with van der Waals surface area (Å²) in [6, 6.07) is 0. The van der Waals surface area contributed by atoms with E-state index in [4.69, 9.17) is 0 Å². The van der Waals surface area contributed by atoms with Crippen molar-refractivity contribution in [3.63, 3.8) is 0 Å². The van der Waals surface area contributed by atoms with Gasteiger partial charge < -0.3 is 14.7 Å². The van der Waals surface area contributed by atoms with Gasteiger partial charge in [-0.3, -0.25) is 9.59 Å². The normalized spacial score (nSPS) is 25.2. The van der Waals surface area contributed by atoms with Gasteiger partial charge in [0.05, 0.1) is 5.92 Å². The van der Waals surface area contributed by atoms with Crippen LogP contribution in [0.15, 0.2) is 0 Å². The highest BCUT2D eigenvalue weighted by Gasteiger charge is 2.36. The van der Waals surface area contributed by atoms with E-state index in [1.165, 1.54) is 0 Å². The van der Waals surface area contributed by atoms with Crippen LogP contribution in [0.25, 0.3) is 0 Å². The van der Waals surface area contributed by atoms with Crippen LogP contribution in [0.5, 0.6) is 0 Å². The first-order chi connectivity index (χ1) is 9.11. The quantitative estimate of drug-likeness (QED) is 0.741. The number of hydrogen-bond donors (Lipinski definition) is 0. The molecule has 0 spiro atoms. The maximum absolute atomic E-state index is 12.4. The monoisotopic (exact) mass is 267 g/mol. The van der Waals surface area contributed by atoms with Gasteiger partial charge in [0.15, 0.2) is 0 Å². The number of amides is 2. The lowest BCUT2D eigenvalue weighted by Gasteiger charge is -2.33. The number of piperazine rings is 1. The molecule has 0 N–H and O–H groups in total. The molecule has 2 aliphatic heterocycles. The van der Waals surface area contributed by atoms with Crippen molar-refractivity contribution in [1.82, 2.24) is 14.7 Å². The molecule has 0 saturated carbocycles. The molecule has 19 heavy (non-hydrogen) atoms. The topological polar surface area (TPSA) is 43.9 Å². The first-order valence-electron chi connectivity index (χ1n) is 7.37. The fourth-order valence-corrected chi connectivity index (χ4v) is 2.79. The second-order valence-corrected chi connectivity index (χ2v) is 5.72. The number of nitrogens with zero attached hydrogens (tertiary/aromatic N) is 3. The molecule has 0 bridgehead atoms. The molecule has 2 heterocycles. The molecular weight excluding hydrogens is 242 g/mol. The van der Waals surface area contributed by atoms with Crippen LogP contribution >= 0.6 is 0 Å². The SMILES string of the molecule is CCCCN1C[C@H](C(=O)N2CCN(C)CC2)CC1=O. The first kappa shape index (κ1) is 14.3. The van der Waals surface area contributed by atoms with Gasteiger partial charge in [0, 0.05) is 45.7 Å². The molecule has 5 heteroatoms. The van der Waals surface area contributed by atoms with Crippen molar-refractivity contribution in [2.24, 2.45) is 5.92 Å². The van der Waals surface area contributed by atoms with Crippen molar-refractivity contribution in [2.45, 2.75) is 26.2 Å². The summed E-state index contributed by atoms with van der Waals surface area (Å²) in [5, 5.41) is 0. The predicted molar refractivity (Wildman–Crippen MR) is 73.7 cm³/mol. The number of rotatable bonds is 4. The van der Waals surface area contributed by atoms with E-state index in [0.29, 0.717) is 13.0 Å². The molecule has 2 fully saturated rings. The molecule has 5 nitrogen and oxygen atoms in total. The van der Waals surface area contributed by atoms with Crippen molar-refractivity contribution in [1.29, 1.82) is 0 Å².